The second-order valence-corrected chi connectivity index (χ2v) is 8.07. The number of benzene rings is 1. The normalized spacial score (nSPS) is 23.1. The van der Waals surface area contributed by atoms with Crippen LogP contribution in [-0.4, -0.2) is 53.5 Å². The van der Waals surface area contributed by atoms with Crippen LogP contribution >= 0.6 is 0 Å². The lowest BCUT2D eigenvalue weighted by molar-refractivity contribution is -0.138. The van der Waals surface area contributed by atoms with E-state index in [2.05, 4.69) is 11.8 Å². The lowest BCUT2D eigenvalue weighted by Gasteiger charge is -2.37. The fourth-order valence-corrected chi connectivity index (χ4v) is 4.10. The van der Waals surface area contributed by atoms with Crippen LogP contribution in [0.25, 0.3) is 5.57 Å². The Hall–Kier alpha value is -2.14. The summed E-state index contributed by atoms with van der Waals surface area (Å²) in [5, 5.41) is 0. The predicted octanol–water partition coefficient (Wildman–Crippen LogP) is 3.76. The molecule has 0 aromatic heterocycles. The Labute approximate surface area is 168 Å². The molecule has 1 aromatic carbocycles. The summed E-state index contributed by atoms with van der Waals surface area (Å²) in [6.45, 7) is 9.94. The molecule has 0 radical (unpaired) electrons. The SMILES string of the molecule is CCCCCCN1C(=O)C(c2ccc(C)cc2)=C(N2CC(C)OC(C)C2)C1=O. The van der Waals surface area contributed by atoms with E-state index in [4.69, 9.17) is 4.74 Å². The van der Waals surface area contributed by atoms with Crippen molar-refractivity contribution in [2.24, 2.45) is 0 Å². The summed E-state index contributed by atoms with van der Waals surface area (Å²) in [5.41, 5.74) is 3.04. The first-order valence-electron chi connectivity index (χ1n) is 10.5. The molecule has 1 fully saturated rings. The Morgan fingerprint density at radius 3 is 2.21 bits per heavy atom. The average molecular weight is 385 g/mol. The first kappa shape index (κ1) is 20.6. The van der Waals surface area contributed by atoms with Crippen LogP contribution in [0.2, 0.25) is 0 Å². The Morgan fingerprint density at radius 1 is 0.964 bits per heavy atom. The van der Waals surface area contributed by atoms with Crippen LogP contribution in [0.4, 0.5) is 0 Å². The number of carbonyl (C=O) groups excluding carboxylic acids is 2. The van der Waals surface area contributed by atoms with E-state index in [1.165, 1.54) is 4.90 Å². The summed E-state index contributed by atoms with van der Waals surface area (Å²) in [5.74, 6) is -0.314. The lowest BCUT2D eigenvalue weighted by atomic mass is 10.0. The zero-order valence-corrected chi connectivity index (χ0v) is 17.5. The minimum Gasteiger partial charge on any atom is -0.372 e. The predicted molar refractivity (Wildman–Crippen MR) is 111 cm³/mol. The van der Waals surface area contributed by atoms with E-state index in [1.807, 2.05) is 45.0 Å². The highest BCUT2D eigenvalue weighted by atomic mass is 16.5. The van der Waals surface area contributed by atoms with Crippen LogP contribution in [0.3, 0.4) is 0 Å². The van der Waals surface area contributed by atoms with Gasteiger partial charge in [0.15, 0.2) is 0 Å². The van der Waals surface area contributed by atoms with Gasteiger partial charge in [0.2, 0.25) is 0 Å². The van der Waals surface area contributed by atoms with Gasteiger partial charge in [0.1, 0.15) is 5.70 Å². The number of unbranched alkanes of at least 4 members (excludes halogenated alkanes) is 3. The van der Waals surface area contributed by atoms with Crippen LogP contribution in [0.1, 0.15) is 57.6 Å². The van der Waals surface area contributed by atoms with Gasteiger partial charge in [0.05, 0.1) is 17.8 Å². The van der Waals surface area contributed by atoms with Crippen molar-refractivity contribution in [2.45, 2.75) is 65.6 Å². The number of rotatable bonds is 7. The van der Waals surface area contributed by atoms with Crippen molar-refractivity contribution in [1.29, 1.82) is 0 Å². The number of aryl methyl sites for hydroxylation is 1. The molecule has 0 aliphatic carbocycles. The highest BCUT2D eigenvalue weighted by molar-refractivity contribution is 6.35. The van der Waals surface area contributed by atoms with Crippen molar-refractivity contribution in [3.63, 3.8) is 0 Å². The number of amides is 2. The molecule has 1 aromatic rings. The Bertz CT molecular complexity index is 744. The van der Waals surface area contributed by atoms with Crippen molar-refractivity contribution in [1.82, 2.24) is 9.80 Å². The molecule has 28 heavy (non-hydrogen) atoms. The van der Waals surface area contributed by atoms with E-state index in [0.29, 0.717) is 30.9 Å². The number of carbonyl (C=O) groups is 2. The molecule has 0 N–H and O–H groups in total. The molecular weight excluding hydrogens is 352 g/mol. The molecule has 0 bridgehead atoms. The molecule has 2 aliphatic rings. The highest BCUT2D eigenvalue weighted by Crippen LogP contribution is 2.33. The summed E-state index contributed by atoms with van der Waals surface area (Å²) in [7, 11) is 0. The summed E-state index contributed by atoms with van der Waals surface area (Å²) in [6.07, 6.45) is 4.20. The third-order valence-electron chi connectivity index (χ3n) is 5.45. The molecule has 2 amide bonds. The smallest absolute Gasteiger partial charge is 0.277 e. The summed E-state index contributed by atoms with van der Waals surface area (Å²) < 4.78 is 5.84. The van der Waals surface area contributed by atoms with Crippen molar-refractivity contribution < 1.29 is 14.3 Å². The van der Waals surface area contributed by atoms with Crippen molar-refractivity contribution >= 4 is 17.4 Å². The molecule has 1 saturated heterocycles. The minimum absolute atomic E-state index is 0.0250. The van der Waals surface area contributed by atoms with E-state index in [9.17, 15) is 9.59 Å². The maximum absolute atomic E-state index is 13.3. The fraction of sp³-hybridized carbons (Fsp3) is 0.565. The van der Waals surface area contributed by atoms with Crippen LogP contribution in [0.15, 0.2) is 30.0 Å². The topological polar surface area (TPSA) is 49.9 Å². The van der Waals surface area contributed by atoms with Gasteiger partial charge in [-0.05, 0) is 32.8 Å². The van der Waals surface area contributed by atoms with Gasteiger partial charge in [0, 0.05) is 19.6 Å². The van der Waals surface area contributed by atoms with Crippen LogP contribution in [0.5, 0.6) is 0 Å². The fourth-order valence-electron chi connectivity index (χ4n) is 4.10. The van der Waals surface area contributed by atoms with Crippen LogP contribution in [0, 0.1) is 6.92 Å². The first-order valence-corrected chi connectivity index (χ1v) is 10.5. The number of hydrogen-bond acceptors (Lipinski definition) is 4. The zero-order valence-electron chi connectivity index (χ0n) is 17.5. The monoisotopic (exact) mass is 384 g/mol. The van der Waals surface area contributed by atoms with Gasteiger partial charge in [-0.2, -0.15) is 0 Å². The van der Waals surface area contributed by atoms with Crippen molar-refractivity contribution in [2.75, 3.05) is 19.6 Å². The number of hydrogen-bond donors (Lipinski definition) is 0. The molecule has 2 heterocycles. The zero-order chi connectivity index (χ0) is 20.3. The van der Waals surface area contributed by atoms with Gasteiger partial charge in [-0.15, -0.1) is 0 Å². The maximum Gasteiger partial charge on any atom is 0.277 e. The largest absolute Gasteiger partial charge is 0.372 e. The van der Waals surface area contributed by atoms with E-state index >= 15 is 0 Å². The van der Waals surface area contributed by atoms with E-state index in [-0.39, 0.29) is 24.0 Å². The van der Waals surface area contributed by atoms with E-state index in [0.717, 1.165) is 36.8 Å². The maximum atomic E-state index is 13.3. The molecule has 2 unspecified atom stereocenters. The summed E-state index contributed by atoms with van der Waals surface area (Å²) in [4.78, 5) is 30.1. The summed E-state index contributed by atoms with van der Waals surface area (Å²) >= 11 is 0. The third-order valence-corrected chi connectivity index (χ3v) is 5.45. The summed E-state index contributed by atoms with van der Waals surface area (Å²) in [6, 6.07) is 7.88. The van der Waals surface area contributed by atoms with Crippen molar-refractivity contribution in [3.05, 3.63) is 41.1 Å². The highest BCUT2D eigenvalue weighted by Gasteiger charge is 2.42. The number of morpholine rings is 1. The Balaban J connectivity index is 1.94. The average Bonchev–Trinajstić information content (AvgIpc) is 2.89. The third kappa shape index (κ3) is 4.30. The minimum atomic E-state index is -0.160. The lowest BCUT2D eigenvalue weighted by Crippen LogP contribution is -2.47. The molecular formula is C23H32N2O3. The van der Waals surface area contributed by atoms with Gasteiger partial charge < -0.3 is 9.64 Å². The van der Waals surface area contributed by atoms with Gasteiger partial charge >= 0.3 is 0 Å². The van der Waals surface area contributed by atoms with Crippen LogP contribution in [-0.2, 0) is 14.3 Å². The Kier molecular flexibility index (Phi) is 6.55. The molecule has 0 saturated carbocycles. The van der Waals surface area contributed by atoms with E-state index in [1.54, 1.807) is 0 Å². The molecule has 5 nitrogen and oxygen atoms in total. The molecule has 2 atom stereocenters. The molecule has 0 spiro atoms. The Morgan fingerprint density at radius 2 is 1.61 bits per heavy atom. The van der Waals surface area contributed by atoms with E-state index < -0.39 is 0 Å². The standard InChI is InChI=1S/C23H32N2O3/c1-5-6-7-8-13-25-22(26)20(19-11-9-16(2)10-12-19)21(23(25)27)24-14-17(3)28-18(4)15-24/h9-12,17-18H,5-8,13-15H2,1-4H3. The molecule has 2 aliphatic heterocycles. The van der Waals surface area contributed by atoms with Crippen molar-refractivity contribution in [3.8, 4) is 0 Å². The number of imide groups is 1. The second kappa shape index (κ2) is 8.91. The molecule has 5 heteroatoms. The molecule has 3 rings (SSSR count). The second-order valence-electron chi connectivity index (χ2n) is 8.07. The van der Waals surface area contributed by atoms with Gasteiger partial charge in [-0.1, -0.05) is 56.0 Å². The van der Waals surface area contributed by atoms with Crippen LogP contribution < -0.4 is 0 Å². The molecule has 152 valence electrons. The quantitative estimate of drug-likeness (QED) is 0.530. The number of ether oxygens (including phenoxy) is 1. The van der Waals surface area contributed by atoms with Gasteiger partial charge in [-0.3, -0.25) is 14.5 Å². The number of nitrogens with zero attached hydrogens (tertiary/aromatic N) is 2. The van der Waals surface area contributed by atoms with Gasteiger partial charge in [0.25, 0.3) is 11.8 Å². The van der Waals surface area contributed by atoms with Gasteiger partial charge in [-0.25, -0.2) is 0 Å². The first-order chi connectivity index (χ1) is 13.4.